The molecule has 2 aromatic carbocycles. The van der Waals surface area contributed by atoms with E-state index in [0.29, 0.717) is 7.91 Å². The summed E-state index contributed by atoms with van der Waals surface area (Å²) in [7, 11) is 1.35. The molecule has 0 spiro atoms. The monoisotopic (exact) mass is 428 g/mol. The van der Waals surface area contributed by atoms with Crippen molar-refractivity contribution in [2.24, 2.45) is 0 Å². The van der Waals surface area contributed by atoms with Gasteiger partial charge in [-0.15, -0.1) is 29.3 Å². The fourth-order valence-electron chi connectivity index (χ4n) is 3.09. The van der Waals surface area contributed by atoms with Crippen LogP contribution in [0.1, 0.15) is 0 Å². The van der Waals surface area contributed by atoms with Gasteiger partial charge in [0, 0.05) is 25.2 Å². The molecule has 0 unspecified atom stereocenters. The van der Waals surface area contributed by atoms with Crippen LogP contribution in [0.4, 0.5) is 0 Å². The van der Waals surface area contributed by atoms with Crippen LogP contribution in [-0.2, 0) is 9.53 Å². The van der Waals surface area contributed by atoms with Gasteiger partial charge in [-0.1, -0.05) is 48.7 Å². The number of rotatable bonds is 4. The van der Waals surface area contributed by atoms with Crippen LogP contribution in [0.3, 0.4) is 0 Å². The molecule has 2 aromatic heterocycles. The summed E-state index contributed by atoms with van der Waals surface area (Å²) in [5.74, 6) is -0.491. The summed E-state index contributed by atoms with van der Waals surface area (Å²) < 4.78 is 12.2. The van der Waals surface area contributed by atoms with Crippen molar-refractivity contribution in [3.05, 3.63) is 68.5 Å². The summed E-state index contributed by atoms with van der Waals surface area (Å²) in [4.78, 5) is 12.4. The molecule has 0 aliphatic rings. The largest absolute Gasteiger partial charge is 0.565 e. The van der Waals surface area contributed by atoms with E-state index in [1.807, 2.05) is 57.5 Å². The molecule has 0 aliphatic carbocycles. The Morgan fingerprint density at radius 3 is 1.85 bits per heavy atom. The van der Waals surface area contributed by atoms with Gasteiger partial charge in [-0.3, -0.25) is 0 Å². The van der Waals surface area contributed by atoms with E-state index in [2.05, 4.69) is 6.58 Å². The maximum atomic E-state index is 12.4. The van der Waals surface area contributed by atoms with Crippen molar-refractivity contribution in [1.82, 2.24) is 8.96 Å². The first-order chi connectivity index (χ1) is 13.0. The second kappa shape index (κ2) is 7.16. The Kier molecular flexibility index (Phi) is 4.85. The van der Waals surface area contributed by atoms with Gasteiger partial charge in [0.05, 0.1) is 0 Å². The number of aromatic nitrogens is 2. The number of carbonyl (C=O) groups is 1. The summed E-state index contributed by atoms with van der Waals surface area (Å²) >= 11 is 14.3. The van der Waals surface area contributed by atoms with Crippen LogP contribution in [-0.4, -0.2) is 29.0 Å². The first-order valence-corrected chi connectivity index (χ1v) is 10.4. The highest BCUT2D eigenvalue weighted by atomic mass is 32.2. The summed E-state index contributed by atoms with van der Waals surface area (Å²) in [6.45, 7) is 3.44. The first-order valence-electron chi connectivity index (χ1n) is 8.00. The fourth-order valence-corrected chi connectivity index (χ4v) is 5.83. The van der Waals surface area contributed by atoms with Crippen LogP contribution in [0, 0.1) is 7.91 Å². The van der Waals surface area contributed by atoms with Gasteiger partial charge in [0.15, 0.2) is 7.11 Å². The van der Waals surface area contributed by atoms with Gasteiger partial charge in [0.25, 0.3) is 0 Å². The normalized spacial score (nSPS) is 11.3. The van der Waals surface area contributed by atoms with Crippen molar-refractivity contribution in [1.29, 1.82) is 0 Å². The minimum Gasteiger partial charge on any atom is -0.500 e. The number of carbonyl (C=O) groups excluding carboxylic acids is 1. The predicted molar refractivity (Wildman–Crippen MR) is 119 cm³/mol. The number of para-hydroxylation sites is 2. The zero-order valence-electron chi connectivity index (χ0n) is 14.2. The molecule has 0 fully saturated rings. The van der Waals surface area contributed by atoms with Crippen LogP contribution < -0.4 is 0 Å². The molecule has 134 valence electrons. The number of esters is 1. The van der Waals surface area contributed by atoms with Gasteiger partial charge in [-0.2, -0.15) is 0 Å². The van der Waals surface area contributed by atoms with E-state index in [1.54, 1.807) is 0 Å². The summed E-state index contributed by atoms with van der Waals surface area (Å²) in [6.07, 6.45) is 0. The zero-order chi connectivity index (χ0) is 19.1. The van der Waals surface area contributed by atoms with Gasteiger partial charge < -0.3 is 13.7 Å². The number of hydrogen-bond acceptors (Lipinski definition) is 6. The van der Waals surface area contributed by atoms with Crippen LogP contribution in [0.25, 0.3) is 20.4 Å². The van der Waals surface area contributed by atoms with Gasteiger partial charge in [-0.25, -0.2) is 0 Å². The molecule has 0 bridgehead atoms. The van der Waals surface area contributed by atoms with Crippen LogP contribution in [0.2, 0.25) is 0 Å². The van der Waals surface area contributed by atoms with E-state index in [0.717, 1.165) is 20.4 Å². The molecule has 0 N–H and O–H groups in total. The Morgan fingerprint density at radius 2 is 1.41 bits per heavy atom. The van der Waals surface area contributed by atoms with Gasteiger partial charge in [0.1, 0.15) is 14.9 Å². The number of ether oxygens (including phenoxy) is 1. The average Bonchev–Trinajstić information content (AvgIpc) is 3.18. The zero-order valence-corrected chi connectivity index (χ0v) is 17.5. The van der Waals surface area contributed by atoms with E-state index in [9.17, 15) is 4.79 Å². The fraction of sp³-hybridized carbons (Fsp3) is 0.0556. The molecule has 4 rings (SSSR count). The number of nitrogens with zero attached hydrogens (tertiary/aromatic N) is 2. The second-order valence-electron chi connectivity index (χ2n) is 5.80. The van der Waals surface area contributed by atoms with Crippen molar-refractivity contribution >= 4 is 80.5 Å². The van der Waals surface area contributed by atoms with Crippen LogP contribution >= 0.6 is 47.1 Å². The molecule has 0 aliphatic heterocycles. The molecular formula is C18H13BN2O2S4. The van der Waals surface area contributed by atoms with Crippen molar-refractivity contribution in [2.45, 2.75) is 0 Å². The van der Waals surface area contributed by atoms with Crippen LogP contribution in [0.5, 0.6) is 0 Å². The third kappa shape index (κ3) is 3.00. The molecule has 0 amide bonds. The Balaban J connectivity index is 2.09. The summed E-state index contributed by atoms with van der Waals surface area (Å²) in [5.41, 5.74) is 2.14. The molecule has 0 saturated heterocycles. The van der Waals surface area contributed by atoms with Gasteiger partial charge in [-0.05, 0) is 29.7 Å². The van der Waals surface area contributed by atoms with E-state index in [4.69, 9.17) is 29.2 Å². The lowest BCUT2D eigenvalue weighted by Gasteiger charge is -2.32. The van der Waals surface area contributed by atoms with Gasteiger partial charge >= 0.3 is 5.97 Å². The second-order valence-corrected chi connectivity index (χ2v) is 9.15. The highest BCUT2D eigenvalue weighted by molar-refractivity contribution is 7.74. The number of hydrogen-bond donors (Lipinski definition) is 0. The quantitative estimate of drug-likeness (QED) is 0.145. The van der Waals surface area contributed by atoms with Crippen molar-refractivity contribution in [2.75, 3.05) is 7.11 Å². The molecular weight excluding hydrogens is 415 g/mol. The third-order valence-electron chi connectivity index (χ3n) is 4.29. The molecule has 9 heteroatoms. The molecule has 2 heterocycles. The SMILES string of the molecule is C=C([B-](n1c(=S)sc2ccccc21)n1c(=S)sc2ccccc21)C(=O)[O+]C. The maximum Gasteiger partial charge on any atom is 0.565 e. The lowest BCUT2D eigenvalue weighted by molar-refractivity contribution is -0.135. The lowest BCUT2D eigenvalue weighted by Crippen LogP contribution is -2.39. The van der Waals surface area contributed by atoms with Crippen LogP contribution in [0.15, 0.2) is 60.6 Å². The van der Waals surface area contributed by atoms with E-state index in [-0.39, 0.29) is 5.47 Å². The topological polar surface area (TPSA) is 38.2 Å². The Hall–Kier alpha value is -2.07. The number of thiazole rings is 2. The Labute approximate surface area is 174 Å². The number of benzene rings is 2. The molecule has 4 aromatic rings. The van der Waals surface area contributed by atoms with E-state index >= 15 is 0 Å². The lowest BCUT2D eigenvalue weighted by atomic mass is 9.66. The minimum atomic E-state index is -0.593. The highest BCUT2D eigenvalue weighted by Gasteiger charge is 2.25. The van der Waals surface area contributed by atoms with Crippen molar-refractivity contribution < 1.29 is 9.53 Å². The average molecular weight is 428 g/mol. The van der Waals surface area contributed by atoms with E-state index < -0.39 is 13.0 Å². The Bertz CT molecular complexity index is 1230. The molecule has 27 heavy (non-hydrogen) atoms. The summed E-state index contributed by atoms with van der Waals surface area (Å²) in [5, 5.41) is 0. The third-order valence-corrected chi connectivity index (χ3v) is 7.05. The van der Waals surface area contributed by atoms with E-state index in [1.165, 1.54) is 29.8 Å². The number of fused-ring (bicyclic) bond motifs is 2. The summed E-state index contributed by atoms with van der Waals surface area (Å²) in [6, 6.07) is 15.8. The predicted octanol–water partition coefficient (Wildman–Crippen LogP) is 5.33. The molecule has 4 nitrogen and oxygen atoms in total. The Morgan fingerprint density at radius 1 is 0.963 bits per heavy atom. The molecule has 2 radical (unpaired) electrons. The maximum absolute atomic E-state index is 12.4. The number of methoxy groups -OCH3 is 1. The van der Waals surface area contributed by atoms with Crippen molar-refractivity contribution in [3.63, 3.8) is 0 Å². The van der Waals surface area contributed by atoms with Crippen molar-refractivity contribution in [3.8, 4) is 0 Å². The molecule has 0 atom stereocenters. The first kappa shape index (κ1) is 18.3. The van der Waals surface area contributed by atoms with Gasteiger partial charge in [0.2, 0.25) is 0 Å². The highest BCUT2D eigenvalue weighted by Crippen LogP contribution is 2.29. The minimum absolute atomic E-state index is 0.275. The standard InChI is InChI=1S/C18H13BN2O2S4/c1-11(16(22)23-2)19(20-12-7-3-5-9-14(12)26-17(20)24)21-13-8-4-6-10-15(13)27-18(21)25/h3-10H,1H2,2H3. The smallest absolute Gasteiger partial charge is 0.500 e. The molecule has 0 saturated carbocycles.